The summed E-state index contributed by atoms with van der Waals surface area (Å²) in [7, 11) is 1.25. The molecule has 0 bridgehead atoms. The van der Waals surface area contributed by atoms with Gasteiger partial charge in [0.05, 0.1) is 7.11 Å². The molecule has 0 spiro atoms. The first-order valence-corrected chi connectivity index (χ1v) is 11.9. The minimum absolute atomic E-state index is 0.413. The van der Waals surface area contributed by atoms with E-state index in [4.69, 9.17) is 44.9 Å². The van der Waals surface area contributed by atoms with Gasteiger partial charge in [0.25, 0.3) is 0 Å². The second-order valence-corrected chi connectivity index (χ2v) is 8.25. The van der Waals surface area contributed by atoms with Crippen LogP contribution >= 0.6 is 0 Å². The first kappa shape index (κ1) is 30.5. The van der Waals surface area contributed by atoms with Crippen LogP contribution in [0.5, 0.6) is 5.75 Å². The minimum atomic E-state index is -0.736. The van der Waals surface area contributed by atoms with Gasteiger partial charge in [-0.15, -0.1) is 0 Å². The summed E-state index contributed by atoms with van der Waals surface area (Å²) < 4.78 is 8.99. The maximum atomic E-state index is 10.6. The van der Waals surface area contributed by atoms with Crippen LogP contribution in [0.25, 0.3) is 10.8 Å². The smallest absolute Gasteiger partial charge is 0.437 e. The predicted octanol–water partition coefficient (Wildman–Crippen LogP) is 5.12. The van der Waals surface area contributed by atoms with E-state index in [9.17, 15) is 4.79 Å². The van der Waals surface area contributed by atoms with Crippen LogP contribution < -0.4 is 44.9 Å². The molecule has 0 aliphatic heterocycles. The maximum absolute atomic E-state index is 10.6. The van der Waals surface area contributed by atoms with Gasteiger partial charge in [-0.25, -0.2) is 4.79 Å². The molecule has 5 aromatic carbocycles. The molecule has 40 heavy (non-hydrogen) atoms. The van der Waals surface area contributed by atoms with E-state index < -0.39 is 6.16 Å². The van der Waals surface area contributed by atoms with Crippen LogP contribution in [0.1, 0.15) is 0 Å². The molecule has 0 saturated heterocycles. The van der Waals surface area contributed by atoms with E-state index in [0.717, 1.165) is 44.9 Å². The van der Waals surface area contributed by atoms with Gasteiger partial charge in [0.1, 0.15) is 5.75 Å². The maximum Gasteiger partial charge on any atom is 0.513 e. The third-order valence-electron chi connectivity index (χ3n) is 5.11. The second kappa shape index (κ2) is 15.5. The van der Waals surface area contributed by atoms with Crippen molar-refractivity contribution in [3.8, 4) is 5.75 Å². The Morgan fingerprint density at radius 3 is 1.07 bits per heavy atom. The Morgan fingerprint density at radius 2 is 0.775 bits per heavy atom. The zero-order chi connectivity index (χ0) is 29.5. The molecule has 0 amide bonds. The summed E-state index contributed by atoms with van der Waals surface area (Å²) >= 11 is 0. The summed E-state index contributed by atoms with van der Waals surface area (Å²) in [5, 5.41) is 2.05. The molecule has 5 aromatic rings. The molecule has 0 radical (unpaired) electrons. The standard InChI is InChI=1S/C10H10N2.C8H9NO3.2C6H8N2/c11-9-5-6-10(12)8-4-2-1-3-7(8)9;1-11-8(10)12-7-4-2-6(9)3-5-7;2*7-5-1-2-6(8)4-3-5/h1-6H,11-12H2;2-5H,9H2,1H3;2*1-4H,7-8H2. The SMILES string of the molecule is COC(=O)Oc1ccc(N)cc1.Nc1ccc(N)c2ccccc12.Nc1ccc(N)cc1.Nc1ccc(N)cc1. The van der Waals surface area contributed by atoms with E-state index in [1.54, 1.807) is 72.8 Å². The normalized spacial score (nSPS) is 9.43. The highest BCUT2D eigenvalue weighted by Gasteiger charge is 2.01. The lowest BCUT2D eigenvalue weighted by Gasteiger charge is -2.03. The molecule has 0 heterocycles. The van der Waals surface area contributed by atoms with E-state index >= 15 is 0 Å². The average Bonchev–Trinajstić information content (AvgIpc) is 2.96. The summed E-state index contributed by atoms with van der Waals surface area (Å²) in [4.78, 5) is 10.6. The number of carbonyl (C=O) groups excluding carboxylic acids is 1. The summed E-state index contributed by atoms with van der Waals surface area (Å²) in [5.74, 6) is 0.413. The summed E-state index contributed by atoms with van der Waals surface area (Å²) in [5.41, 5.74) is 43.6. The van der Waals surface area contributed by atoms with Crippen molar-refractivity contribution in [1.29, 1.82) is 0 Å². The molecule has 0 aliphatic carbocycles. The van der Waals surface area contributed by atoms with Crippen LogP contribution in [-0.4, -0.2) is 13.3 Å². The van der Waals surface area contributed by atoms with Crippen molar-refractivity contribution in [2.75, 3.05) is 47.2 Å². The number of carbonyl (C=O) groups is 1. The van der Waals surface area contributed by atoms with Crippen LogP contribution in [-0.2, 0) is 4.74 Å². The monoisotopic (exact) mass is 541 g/mol. The lowest BCUT2D eigenvalue weighted by molar-refractivity contribution is 0.121. The van der Waals surface area contributed by atoms with E-state index in [2.05, 4.69) is 4.74 Å². The fourth-order valence-corrected chi connectivity index (χ4v) is 3.01. The van der Waals surface area contributed by atoms with Crippen LogP contribution in [0.15, 0.2) is 109 Å². The molecule has 208 valence electrons. The molecule has 0 aromatic heterocycles. The summed E-state index contributed by atoms with van der Waals surface area (Å²) in [6.07, 6.45) is -0.736. The van der Waals surface area contributed by atoms with Crippen molar-refractivity contribution in [1.82, 2.24) is 0 Å². The number of fused-ring (bicyclic) bond motifs is 1. The van der Waals surface area contributed by atoms with Gasteiger partial charge >= 0.3 is 6.16 Å². The lowest BCUT2D eigenvalue weighted by atomic mass is 10.1. The largest absolute Gasteiger partial charge is 0.513 e. The van der Waals surface area contributed by atoms with E-state index in [-0.39, 0.29) is 0 Å². The zero-order valence-corrected chi connectivity index (χ0v) is 22.2. The Bertz CT molecular complexity index is 1350. The van der Waals surface area contributed by atoms with Gasteiger partial charge in [-0.3, -0.25) is 0 Å². The highest BCUT2D eigenvalue weighted by molar-refractivity contribution is 6.00. The number of benzene rings is 5. The van der Waals surface area contributed by atoms with Crippen molar-refractivity contribution < 1.29 is 14.3 Å². The Hall–Kier alpha value is -5.77. The number of nitrogens with two attached hydrogens (primary N) is 7. The highest BCUT2D eigenvalue weighted by Crippen LogP contribution is 2.25. The first-order chi connectivity index (χ1) is 19.1. The van der Waals surface area contributed by atoms with E-state index in [1.165, 1.54) is 7.11 Å². The third kappa shape index (κ3) is 10.7. The Kier molecular flexibility index (Phi) is 11.8. The molecule has 0 unspecified atom stereocenters. The average molecular weight is 542 g/mol. The highest BCUT2D eigenvalue weighted by atomic mass is 16.7. The third-order valence-corrected chi connectivity index (χ3v) is 5.11. The number of anilines is 7. The van der Waals surface area contributed by atoms with Crippen LogP contribution in [0.2, 0.25) is 0 Å². The van der Waals surface area contributed by atoms with Gasteiger partial charge in [0, 0.05) is 50.6 Å². The van der Waals surface area contributed by atoms with Gasteiger partial charge in [-0.1, -0.05) is 24.3 Å². The molecule has 0 atom stereocenters. The quantitative estimate of drug-likeness (QED) is 0.0843. The number of rotatable bonds is 1. The van der Waals surface area contributed by atoms with Gasteiger partial charge in [0.15, 0.2) is 0 Å². The summed E-state index contributed by atoms with van der Waals surface area (Å²) in [6.45, 7) is 0. The Morgan fingerprint density at radius 1 is 0.475 bits per heavy atom. The van der Waals surface area contributed by atoms with Crippen LogP contribution in [0, 0.1) is 0 Å². The fraction of sp³-hybridized carbons (Fsp3) is 0.0333. The zero-order valence-electron chi connectivity index (χ0n) is 22.2. The van der Waals surface area contributed by atoms with Crippen molar-refractivity contribution >= 4 is 56.7 Å². The molecule has 10 heteroatoms. The first-order valence-electron chi connectivity index (χ1n) is 11.9. The van der Waals surface area contributed by atoms with Crippen LogP contribution in [0.4, 0.5) is 44.6 Å². The van der Waals surface area contributed by atoms with Crippen molar-refractivity contribution in [3.05, 3.63) is 109 Å². The Labute approximate surface area is 233 Å². The van der Waals surface area contributed by atoms with Gasteiger partial charge < -0.3 is 49.6 Å². The fourth-order valence-electron chi connectivity index (χ4n) is 3.01. The Balaban J connectivity index is 0.000000190. The van der Waals surface area contributed by atoms with Crippen LogP contribution in [0.3, 0.4) is 0 Å². The molecule has 5 rings (SSSR count). The second-order valence-electron chi connectivity index (χ2n) is 8.25. The van der Waals surface area contributed by atoms with Gasteiger partial charge in [0.2, 0.25) is 0 Å². The molecule has 0 aliphatic rings. The number of ether oxygens (including phenoxy) is 2. The molecular formula is C30H35N7O3. The molecule has 14 N–H and O–H groups in total. The van der Waals surface area contributed by atoms with Gasteiger partial charge in [-0.2, -0.15) is 0 Å². The van der Waals surface area contributed by atoms with Crippen molar-refractivity contribution in [3.63, 3.8) is 0 Å². The molecule has 0 saturated carbocycles. The summed E-state index contributed by atoms with van der Waals surface area (Å²) in [6, 6.07) is 32.2. The van der Waals surface area contributed by atoms with E-state index in [0.29, 0.717) is 11.4 Å². The molecule has 0 fully saturated rings. The lowest BCUT2D eigenvalue weighted by Crippen LogP contribution is -2.06. The van der Waals surface area contributed by atoms with Crippen molar-refractivity contribution in [2.45, 2.75) is 0 Å². The number of hydrogen-bond donors (Lipinski definition) is 7. The number of nitrogen functional groups attached to an aromatic ring is 7. The molecule has 10 nitrogen and oxygen atoms in total. The number of methoxy groups -OCH3 is 1. The van der Waals surface area contributed by atoms with Crippen molar-refractivity contribution in [2.24, 2.45) is 0 Å². The predicted molar refractivity (Wildman–Crippen MR) is 167 cm³/mol. The minimum Gasteiger partial charge on any atom is -0.437 e. The topological polar surface area (TPSA) is 218 Å². The van der Waals surface area contributed by atoms with Gasteiger partial charge in [-0.05, 0) is 84.9 Å². The number of hydrogen-bond acceptors (Lipinski definition) is 10. The molecular weight excluding hydrogens is 506 g/mol. The van der Waals surface area contributed by atoms with E-state index in [1.807, 2.05) is 36.4 Å².